The van der Waals surface area contributed by atoms with Crippen molar-refractivity contribution in [2.24, 2.45) is 5.92 Å². The van der Waals surface area contributed by atoms with Crippen molar-refractivity contribution >= 4 is 17.8 Å². The summed E-state index contributed by atoms with van der Waals surface area (Å²) in [7, 11) is 0. The summed E-state index contributed by atoms with van der Waals surface area (Å²) in [5.74, 6) is 0.590. The Morgan fingerprint density at radius 2 is 2.10 bits per heavy atom. The summed E-state index contributed by atoms with van der Waals surface area (Å²) in [6.45, 7) is 3.68. The molecule has 0 spiro atoms. The molecule has 0 bridgehead atoms. The zero-order valence-corrected chi connectivity index (χ0v) is 17.1. The van der Waals surface area contributed by atoms with E-state index < -0.39 is 0 Å². The van der Waals surface area contributed by atoms with Gasteiger partial charge in [-0.2, -0.15) is 5.10 Å². The maximum absolute atomic E-state index is 12.8. The molecule has 1 aliphatic rings. The standard InChI is InChI=1S/C24H27N5O/c1-17-9-19(16-29(17)24(30)10-18-5-3-2-4-6-18)13-26-23-8-7-20(11-21(23)12-25)22-14-27-28-15-22/h2-8,11-12,14-15,17,19,25-26H,9-10,13,16H2,1H3,(H,27,28)/t17-,19?/m0/s1. The first-order chi connectivity index (χ1) is 14.6. The number of H-pyrrole nitrogens is 1. The molecule has 0 radical (unpaired) electrons. The number of likely N-dealkylation sites (tertiary alicyclic amines) is 1. The molecule has 1 fully saturated rings. The van der Waals surface area contributed by atoms with E-state index in [0.717, 1.165) is 47.5 Å². The van der Waals surface area contributed by atoms with Crippen molar-refractivity contribution in [3.63, 3.8) is 0 Å². The fourth-order valence-electron chi connectivity index (χ4n) is 4.20. The molecule has 3 aromatic rings. The van der Waals surface area contributed by atoms with E-state index in [4.69, 9.17) is 5.41 Å². The maximum Gasteiger partial charge on any atom is 0.227 e. The van der Waals surface area contributed by atoms with Crippen molar-refractivity contribution < 1.29 is 4.79 Å². The van der Waals surface area contributed by atoms with Gasteiger partial charge in [0.1, 0.15) is 0 Å². The second kappa shape index (κ2) is 8.95. The van der Waals surface area contributed by atoms with Crippen LogP contribution in [0.2, 0.25) is 0 Å². The van der Waals surface area contributed by atoms with Crippen molar-refractivity contribution in [1.29, 1.82) is 5.41 Å². The lowest BCUT2D eigenvalue weighted by atomic mass is 10.0. The Kier molecular flexibility index (Phi) is 5.93. The summed E-state index contributed by atoms with van der Waals surface area (Å²) in [6.07, 6.45) is 6.44. The SMILES string of the molecule is C[C@H]1CC(CNc2ccc(-c3cn[nH]c3)cc2C=N)CN1C(=O)Cc1ccccc1. The van der Waals surface area contributed by atoms with Crippen molar-refractivity contribution in [2.45, 2.75) is 25.8 Å². The van der Waals surface area contributed by atoms with Gasteiger partial charge in [-0.25, -0.2) is 0 Å². The average molecular weight is 402 g/mol. The minimum absolute atomic E-state index is 0.195. The van der Waals surface area contributed by atoms with Crippen LogP contribution in [-0.4, -0.2) is 46.4 Å². The average Bonchev–Trinajstić information content (AvgIpc) is 3.43. The van der Waals surface area contributed by atoms with Crippen molar-refractivity contribution in [3.05, 3.63) is 72.1 Å². The number of nitrogens with zero attached hydrogens (tertiary/aromatic N) is 2. The first-order valence-corrected chi connectivity index (χ1v) is 10.3. The van der Waals surface area contributed by atoms with E-state index >= 15 is 0 Å². The molecule has 6 heteroatoms. The highest BCUT2D eigenvalue weighted by molar-refractivity contribution is 5.88. The number of benzene rings is 2. The van der Waals surface area contributed by atoms with E-state index in [0.29, 0.717) is 12.3 Å². The summed E-state index contributed by atoms with van der Waals surface area (Å²) >= 11 is 0. The third kappa shape index (κ3) is 4.43. The Hall–Kier alpha value is -3.41. The number of hydrogen-bond acceptors (Lipinski definition) is 4. The third-order valence-corrected chi connectivity index (χ3v) is 5.80. The molecule has 1 saturated heterocycles. The molecule has 1 amide bonds. The summed E-state index contributed by atoms with van der Waals surface area (Å²) < 4.78 is 0. The van der Waals surface area contributed by atoms with Crippen LogP contribution in [0.5, 0.6) is 0 Å². The molecule has 1 aliphatic heterocycles. The molecule has 4 rings (SSSR count). The molecule has 2 aromatic carbocycles. The second-order valence-corrected chi connectivity index (χ2v) is 7.97. The van der Waals surface area contributed by atoms with Gasteiger partial charge in [0.25, 0.3) is 0 Å². The zero-order valence-electron chi connectivity index (χ0n) is 17.1. The predicted molar refractivity (Wildman–Crippen MR) is 120 cm³/mol. The zero-order chi connectivity index (χ0) is 20.9. The second-order valence-electron chi connectivity index (χ2n) is 7.97. The molecule has 2 atom stereocenters. The fourth-order valence-corrected chi connectivity index (χ4v) is 4.20. The van der Waals surface area contributed by atoms with Crippen molar-refractivity contribution in [2.75, 3.05) is 18.4 Å². The first kappa shape index (κ1) is 19.9. The Labute approximate surface area is 176 Å². The van der Waals surface area contributed by atoms with Crippen LogP contribution < -0.4 is 5.32 Å². The molecule has 1 unspecified atom stereocenters. The number of carbonyl (C=O) groups is 1. The lowest BCUT2D eigenvalue weighted by Gasteiger charge is -2.21. The summed E-state index contributed by atoms with van der Waals surface area (Å²) in [6, 6.07) is 16.2. The molecule has 0 saturated carbocycles. The highest BCUT2D eigenvalue weighted by Gasteiger charge is 2.32. The molecule has 154 valence electrons. The van der Waals surface area contributed by atoms with Gasteiger partial charge in [-0.15, -0.1) is 0 Å². The van der Waals surface area contributed by atoms with Gasteiger partial charge in [-0.1, -0.05) is 36.4 Å². The number of amides is 1. The van der Waals surface area contributed by atoms with Gasteiger partial charge in [0.05, 0.1) is 12.6 Å². The lowest BCUT2D eigenvalue weighted by Crippen LogP contribution is -2.35. The Bertz CT molecular complexity index is 1000. The molecule has 2 heterocycles. The Morgan fingerprint density at radius 1 is 1.27 bits per heavy atom. The highest BCUT2D eigenvalue weighted by Crippen LogP contribution is 2.27. The number of rotatable bonds is 7. The van der Waals surface area contributed by atoms with Gasteiger partial charge in [0.2, 0.25) is 5.91 Å². The number of carbonyl (C=O) groups excluding carboxylic acids is 1. The van der Waals surface area contributed by atoms with Gasteiger partial charge in [-0.05, 0) is 42.5 Å². The number of hydrogen-bond donors (Lipinski definition) is 3. The van der Waals surface area contributed by atoms with Crippen LogP contribution in [0.3, 0.4) is 0 Å². The third-order valence-electron chi connectivity index (χ3n) is 5.80. The fraction of sp³-hybridized carbons (Fsp3) is 0.292. The topological polar surface area (TPSA) is 84.9 Å². The van der Waals surface area contributed by atoms with E-state index in [1.54, 1.807) is 6.20 Å². The molecular formula is C24H27N5O. The molecule has 30 heavy (non-hydrogen) atoms. The first-order valence-electron chi connectivity index (χ1n) is 10.3. The van der Waals surface area contributed by atoms with Crippen LogP contribution in [0.1, 0.15) is 24.5 Å². The lowest BCUT2D eigenvalue weighted by molar-refractivity contribution is -0.131. The molecule has 1 aromatic heterocycles. The van der Waals surface area contributed by atoms with Gasteiger partial charge < -0.3 is 15.6 Å². The summed E-state index contributed by atoms with van der Waals surface area (Å²) in [5.41, 5.74) is 4.88. The maximum atomic E-state index is 12.8. The van der Waals surface area contributed by atoms with Gasteiger partial charge >= 0.3 is 0 Å². The molecule has 6 nitrogen and oxygen atoms in total. The summed E-state index contributed by atoms with van der Waals surface area (Å²) in [4.78, 5) is 14.8. The van der Waals surface area contributed by atoms with Gasteiger partial charge in [0, 0.05) is 48.4 Å². The minimum Gasteiger partial charge on any atom is -0.384 e. The van der Waals surface area contributed by atoms with Crippen LogP contribution >= 0.6 is 0 Å². The Balaban J connectivity index is 1.36. The smallest absolute Gasteiger partial charge is 0.227 e. The Morgan fingerprint density at radius 3 is 2.83 bits per heavy atom. The minimum atomic E-state index is 0.195. The highest BCUT2D eigenvalue weighted by atomic mass is 16.2. The molecular weight excluding hydrogens is 374 g/mol. The van der Waals surface area contributed by atoms with Crippen LogP contribution in [0.15, 0.2) is 60.9 Å². The van der Waals surface area contributed by atoms with Crippen molar-refractivity contribution in [3.8, 4) is 11.1 Å². The number of aromatic amines is 1. The van der Waals surface area contributed by atoms with Gasteiger partial charge in [-0.3, -0.25) is 9.89 Å². The molecule has 3 N–H and O–H groups in total. The van der Waals surface area contributed by atoms with E-state index in [1.165, 1.54) is 6.21 Å². The van der Waals surface area contributed by atoms with E-state index in [1.807, 2.05) is 59.6 Å². The summed E-state index contributed by atoms with van der Waals surface area (Å²) in [5, 5.41) is 18.1. The number of anilines is 1. The van der Waals surface area contributed by atoms with E-state index in [-0.39, 0.29) is 11.9 Å². The van der Waals surface area contributed by atoms with Crippen molar-refractivity contribution in [1.82, 2.24) is 15.1 Å². The monoisotopic (exact) mass is 401 g/mol. The molecule has 0 aliphatic carbocycles. The van der Waals surface area contributed by atoms with Crippen LogP contribution in [0.4, 0.5) is 5.69 Å². The van der Waals surface area contributed by atoms with E-state index in [9.17, 15) is 4.79 Å². The predicted octanol–water partition coefficient (Wildman–Crippen LogP) is 3.97. The largest absolute Gasteiger partial charge is 0.384 e. The number of nitrogens with one attached hydrogen (secondary N) is 3. The van der Waals surface area contributed by atoms with Gasteiger partial charge in [0.15, 0.2) is 0 Å². The number of aromatic nitrogens is 2. The normalized spacial score (nSPS) is 18.4. The quantitative estimate of drug-likeness (QED) is 0.524. The van der Waals surface area contributed by atoms with Crippen LogP contribution in [0, 0.1) is 11.3 Å². The van der Waals surface area contributed by atoms with Crippen LogP contribution in [0.25, 0.3) is 11.1 Å². The van der Waals surface area contributed by atoms with E-state index in [2.05, 4.69) is 22.4 Å². The van der Waals surface area contributed by atoms with Crippen LogP contribution in [-0.2, 0) is 11.2 Å².